The summed E-state index contributed by atoms with van der Waals surface area (Å²) in [6.07, 6.45) is 2.01. The van der Waals surface area contributed by atoms with E-state index in [0.717, 1.165) is 18.4 Å². The van der Waals surface area contributed by atoms with Crippen molar-refractivity contribution in [3.8, 4) is 0 Å². The molecule has 1 N–H and O–H groups in total. The van der Waals surface area contributed by atoms with Gasteiger partial charge in [0.05, 0.1) is 0 Å². The second-order valence-electron chi connectivity index (χ2n) is 4.73. The van der Waals surface area contributed by atoms with Crippen molar-refractivity contribution in [1.29, 1.82) is 0 Å². The van der Waals surface area contributed by atoms with Crippen LogP contribution in [0.25, 0.3) is 0 Å². The van der Waals surface area contributed by atoms with Crippen LogP contribution in [0, 0.1) is 11.8 Å². The Morgan fingerprint density at radius 2 is 2.07 bits per heavy atom. The molecule has 82 valence electrons. The van der Waals surface area contributed by atoms with E-state index in [4.69, 9.17) is 0 Å². The van der Waals surface area contributed by atoms with Gasteiger partial charge in [-0.15, -0.1) is 6.58 Å². The zero-order chi connectivity index (χ0) is 10.6. The summed E-state index contributed by atoms with van der Waals surface area (Å²) < 4.78 is 0. The van der Waals surface area contributed by atoms with Crippen LogP contribution >= 0.6 is 0 Å². The quantitative estimate of drug-likeness (QED) is 0.651. The van der Waals surface area contributed by atoms with Crippen LogP contribution in [0.4, 0.5) is 0 Å². The molecule has 0 spiro atoms. The Morgan fingerprint density at radius 1 is 1.43 bits per heavy atom. The van der Waals surface area contributed by atoms with Gasteiger partial charge < -0.3 is 5.32 Å². The molecule has 14 heavy (non-hydrogen) atoms. The number of nitrogens with one attached hydrogen (secondary N) is 1. The van der Waals surface area contributed by atoms with Crippen LogP contribution < -0.4 is 5.32 Å². The van der Waals surface area contributed by atoms with Gasteiger partial charge in [-0.2, -0.15) is 0 Å². The van der Waals surface area contributed by atoms with Crippen molar-refractivity contribution in [3.63, 3.8) is 0 Å². The molecule has 1 heterocycles. The summed E-state index contributed by atoms with van der Waals surface area (Å²) >= 11 is 0. The fourth-order valence-electron chi connectivity index (χ4n) is 1.89. The summed E-state index contributed by atoms with van der Waals surface area (Å²) in [5, 5.41) is 3.34. The van der Waals surface area contributed by atoms with Crippen LogP contribution in [-0.2, 0) is 0 Å². The molecule has 0 bridgehead atoms. The minimum atomic E-state index is 0.628. The Labute approximate surface area is 88.4 Å². The van der Waals surface area contributed by atoms with Gasteiger partial charge in [-0.25, -0.2) is 0 Å². The van der Waals surface area contributed by atoms with E-state index in [1.54, 1.807) is 0 Å². The minimum absolute atomic E-state index is 0.628. The van der Waals surface area contributed by atoms with Gasteiger partial charge in [0.2, 0.25) is 0 Å². The first-order valence-electron chi connectivity index (χ1n) is 5.70. The summed E-state index contributed by atoms with van der Waals surface area (Å²) in [4.78, 5) is 2.50. The molecule has 1 aliphatic rings. The Morgan fingerprint density at radius 3 is 2.43 bits per heavy atom. The Kier molecular flexibility index (Phi) is 4.63. The maximum absolute atomic E-state index is 3.82. The summed E-state index contributed by atoms with van der Waals surface area (Å²) in [5.41, 5.74) is 0. The van der Waals surface area contributed by atoms with Gasteiger partial charge >= 0.3 is 0 Å². The van der Waals surface area contributed by atoms with Crippen molar-refractivity contribution in [1.82, 2.24) is 10.2 Å². The summed E-state index contributed by atoms with van der Waals surface area (Å²) in [7, 11) is 0. The maximum atomic E-state index is 3.82. The third kappa shape index (κ3) is 3.10. The largest absolute Gasteiger partial charge is 0.316 e. The summed E-state index contributed by atoms with van der Waals surface area (Å²) in [5.74, 6) is 1.69. The first kappa shape index (κ1) is 11.7. The van der Waals surface area contributed by atoms with E-state index in [1.165, 1.54) is 19.6 Å². The Bertz CT molecular complexity index is 173. The maximum Gasteiger partial charge on any atom is 0.0163 e. The molecule has 0 aromatic rings. The lowest BCUT2D eigenvalue weighted by Gasteiger charge is -2.36. The first-order valence-corrected chi connectivity index (χ1v) is 5.70. The van der Waals surface area contributed by atoms with Crippen LogP contribution in [0.5, 0.6) is 0 Å². The standard InChI is InChI=1S/C12H24N2/c1-5-6-14(10(2)3)9-11(4)12-7-13-8-12/h5,10-13H,1,6-9H2,2-4H3. The van der Waals surface area contributed by atoms with Gasteiger partial charge in [0.25, 0.3) is 0 Å². The van der Waals surface area contributed by atoms with Crippen molar-refractivity contribution < 1.29 is 0 Å². The molecule has 1 fully saturated rings. The summed E-state index contributed by atoms with van der Waals surface area (Å²) in [6, 6.07) is 0.628. The normalized spacial score (nSPS) is 19.8. The molecule has 1 aliphatic heterocycles. The molecule has 0 aromatic heterocycles. The van der Waals surface area contributed by atoms with Crippen molar-refractivity contribution in [2.24, 2.45) is 11.8 Å². The molecule has 0 aliphatic carbocycles. The SMILES string of the molecule is C=CCN(CC(C)C1CNC1)C(C)C. The van der Waals surface area contributed by atoms with Gasteiger partial charge in [-0.05, 0) is 38.8 Å². The fraction of sp³-hybridized carbons (Fsp3) is 0.833. The number of hydrogen-bond donors (Lipinski definition) is 1. The molecule has 1 rings (SSSR count). The predicted molar refractivity (Wildman–Crippen MR) is 62.4 cm³/mol. The highest BCUT2D eigenvalue weighted by Gasteiger charge is 2.25. The average molecular weight is 196 g/mol. The average Bonchev–Trinajstić information content (AvgIpc) is 1.99. The Balaban J connectivity index is 2.32. The highest BCUT2D eigenvalue weighted by molar-refractivity contribution is 4.83. The lowest BCUT2D eigenvalue weighted by Crippen LogP contribution is -2.49. The molecule has 2 nitrogen and oxygen atoms in total. The molecular weight excluding hydrogens is 172 g/mol. The molecular formula is C12H24N2. The molecule has 0 radical (unpaired) electrons. The molecule has 0 amide bonds. The van der Waals surface area contributed by atoms with Crippen molar-refractivity contribution in [3.05, 3.63) is 12.7 Å². The zero-order valence-corrected chi connectivity index (χ0v) is 9.79. The van der Waals surface area contributed by atoms with Gasteiger partial charge in [-0.3, -0.25) is 4.90 Å². The van der Waals surface area contributed by atoms with Crippen LogP contribution in [0.15, 0.2) is 12.7 Å². The van der Waals surface area contributed by atoms with Crippen molar-refractivity contribution >= 4 is 0 Å². The number of hydrogen-bond acceptors (Lipinski definition) is 2. The first-order chi connectivity index (χ1) is 6.65. The lowest BCUT2D eigenvalue weighted by molar-refractivity contribution is 0.152. The summed E-state index contributed by atoms with van der Waals surface area (Å²) in [6.45, 7) is 15.3. The van der Waals surface area contributed by atoms with E-state index in [0.29, 0.717) is 6.04 Å². The van der Waals surface area contributed by atoms with E-state index in [2.05, 4.69) is 37.6 Å². The van der Waals surface area contributed by atoms with Gasteiger partial charge in [0.15, 0.2) is 0 Å². The topological polar surface area (TPSA) is 15.3 Å². The molecule has 1 atom stereocenters. The van der Waals surface area contributed by atoms with E-state index >= 15 is 0 Å². The smallest absolute Gasteiger partial charge is 0.0163 e. The van der Waals surface area contributed by atoms with Gasteiger partial charge in [0, 0.05) is 19.1 Å². The van der Waals surface area contributed by atoms with Crippen molar-refractivity contribution in [2.45, 2.75) is 26.8 Å². The van der Waals surface area contributed by atoms with Gasteiger partial charge in [0.1, 0.15) is 0 Å². The van der Waals surface area contributed by atoms with E-state index in [-0.39, 0.29) is 0 Å². The van der Waals surface area contributed by atoms with E-state index in [1.807, 2.05) is 6.08 Å². The van der Waals surface area contributed by atoms with Crippen LogP contribution in [0.2, 0.25) is 0 Å². The van der Waals surface area contributed by atoms with E-state index in [9.17, 15) is 0 Å². The third-order valence-corrected chi connectivity index (χ3v) is 3.23. The molecule has 1 unspecified atom stereocenters. The predicted octanol–water partition coefficient (Wildman–Crippen LogP) is 1.74. The Hall–Kier alpha value is -0.340. The second-order valence-corrected chi connectivity index (χ2v) is 4.73. The van der Waals surface area contributed by atoms with Crippen molar-refractivity contribution in [2.75, 3.05) is 26.2 Å². The molecule has 1 saturated heterocycles. The zero-order valence-electron chi connectivity index (χ0n) is 9.79. The number of rotatable bonds is 6. The van der Waals surface area contributed by atoms with E-state index < -0.39 is 0 Å². The van der Waals surface area contributed by atoms with Crippen LogP contribution in [0.1, 0.15) is 20.8 Å². The lowest BCUT2D eigenvalue weighted by atomic mass is 9.88. The number of nitrogens with zero attached hydrogens (tertiary/aromatic N) is 1. The van der Waals surface area contributed by atoms with Gasteiger partial charge in [-0.1, -0.05) is 13.0 Å². The van der Waals surface area contributed by atoms with Crippen LogP contribution in [-0.4, -0.2) is 37.1 Å². The fourth-order valence-corrected chi connectivity index (χ4v) is 1.89. The monoisotopic (exact) mass is 196 g/mol. The molecule has 2 heteroatoms. The molecule has 0 saturated carbocycles. The molecule has 0 aromatic carbocycles. The highest BCUT2D eigenvalue weighted by atomic mass is 15.1. The third-order valence-electron chi connectivity index (χ3n) is 3.23. The second kappa shape index (κ2) is 5.52. The minimum Gasteiger partial charge on any atom is -0.316 e. The highest BCUT2D eigenvalue weighted by Crippen LogP contribution is 2.17. The van der Waals surface area contributed by atoms with Crippen LogP contribution in [0.3, 0.4) is 0 Å².